The highest BCUT2D eigenvalue weighted by atomic mass is 16.3. The SMILES string of the molecule is C=CCC(c1ccco1)C(C#N)C#N. The molecule has 70 valence electrons. The van der Waals surface area contributed by atoms with Gasteiger partial charge in [-0.3, -0.25) is 0 Å². The van der Waals surface area contributed by atoms with E-state index in [0.29, 0.717) is 12.2 Å². The number of allylic oxidation sites excluding steroid dienone is 1. The van der Waals surface area contributed by atoms with E-state index in [4.69, 9.17) is 14.9 Å². The van der Waals surface area contributed by atoms with E-state index in [2.05, 4.69) is 6.58 Å². The van der Waals surface area contributed by atoms with Gasteiger partial charge in [0.1, 0.15) is 11.7 Å². The Hall–Kier alpha value is -2.00. The van der Waals surface area contributed by atoms with E-state index >= 15 is 0 Å². The number of furan rings is 1. The van der Waals surface area contributed by atoms with Crippen molar-refractivity contribution in [1.82, 2.24) is 0 Å². The zero-order valence-electron chi connectivity index (χ0n) is 7.68. The van der Waals surface area contributed by atoms with Crippen LogP contribution in [0.15, 0.2) is 35.5 Å². The lowest BCUT2D eigenvalue weighted by Gasteiger charge is -2.11. The Labute approximate surface area is 82.9 Å². The minimum absolute atomic E-state index is 0.211. The molecule has 0 amide bonds. The second-order valence-corrected chi connectivity index (χ2v) is 2.88. The van der Waals surface area contributed by atoms with Crippen LogP contribution in [0.3, 0.4) is 0 Å². The molecular formula is C11H10N2O. The van der Waals surface area contributed by atoms with Crippen molar-refractivity contribution in [3.63, 3.8) is 0 Å². The molecule has 3 heteroatoms. The summed E-state index contributed by atoms with van der Waals surface area (Å²) in [5.41, 5.74) is 0. The van der Waals surface area contributed by atoms with Crippen molar-refractivity contribution in [1.29, 1.82) is 10.5 Å². The summed E-state index contributed by atoms with van der Waals surface area (Å²) in [4.78, 5) is 0. The minimum Gasteiger partial charge on any atom is -0.469 e. The molecular weight excluding hydrogens is 176 g/mol. The average molecular weight is 186 g/mol. The molecule has 1 aromatic heterocycles. The van der Waals surface area contributed by atoms with Crippen molar-refractivity contribution >= 4 is 0 Å². The molecule has 1 unspecified atom stereocenters. The highest BCUT2D eigenvalue weighted by molar-refractivity contribution is 5.17. The Balaban J connectivity index is 2.91. The summed E-state index contributed by atoms with van der Waals surface area (Å²) in [5, 5.41) is 17.5. The predicted molar refractivity (Wildman–Crippen MR) is 51.0 cm³/mol. The summed E-state index contributed by atoms with van der Waals surface area (Å²) in [7, 11) is 0. The van der Waals surface area contributed by atoms with Gasteiger partial charge in [0.05, 0.1) is 18.4 Å². The van der Waals surface area contributed by atoms with E-state index in [1.54, 1.807) is 18.2 Å². The Morgan fingerprint density at radius 3 is 2.64 bits per heavy atom. The van der Waals surface area contributed by atoms with Gasteiger partial charge in [-0.15, -0.1) is 6.58 Å². The molecule has 0 saturated heterocycles. The monoisotopic (exact) mass is 186 g/mol. The van der Waals surface area contributed by atoms with Crippen molar-refractivity contribution < 1.29 is 4.42 Å². The van der Waals surface area contributed by atoms with Crippen LogP contribution in [0.1, 0.15) is 18.1 Å². The first-order valence-electron chi connectivity index (χ1n) is 4.27. The summed E-state index contributed by atoms with van der Waals surface area (Å²) < 4.78 is 5.18. The lowest BCUT2D eigenvalue weighted by atomic mass is 9.89. The highest BCUT2D eigenvalue weighted by Gasteiger charge is 2.23. The van der Waals surface area contributed by atoms with E-state index in [9.17, 15) is 0 Å². The fraction of sp³-hybridized carbons (Fsp3) is 0.273. The molecule has 0 N–H and O–H groups in total. The molecule has 0 aromatic carbocycles. The topological polar surface area (TPSA) is 60.7 Å². The van der Waals surface area contributed by atoms with Gasteiger partial charge in [-0.05, 0) is 18.6 Å². The van der Waals surface area contributed by atoms with E-state index in [1.165, 1.54) is 6.26 Å². The van der Waals surface area contributed by atoms with E-state index in [0.717, 1.165) is 0 Å². The summed E-state index contributed by atoms with van der Waals surface area (Å²) in [6.07, 6.45) is 3.80. The van der Waals surface area contributed by atoms with Gasteiger partial charge in [0, 0.05) is 5.92 Å². The van der Waals surface area contributed by atoms with E-state index in [-0.39, 0.29) is 5.92 Å². The lowest BCUT2D eigenvalue weighted by Crippen LogP contribution is -2.07. The molecule has 0 bridgehead atoms. The van der Waals surface area contributed by atoms with Crippen LogP contribution < -0.4 is 0 Å². The van der Waals surface area contributed by atoms with Crippen LogP contribution in [0.2, 0.25) is 0 Å². The molecule has 0 saturated carbocycles. The fourth-order valence-corrected chi connectivity index (χ4v) is 1.31. The molecule has 1 atom stereocenters. The standard InChI is InChI=1S/C11H10N2O/c1-2-4-10(9(7-12)8-13)11-5-3-6-14-11/h2-3,5-6,9-10H,1,4H2. The number of hydrogen-bond donors (Lipinski definition) is 0. The maximum absolute atomic E-state index is 8.77. The number of nitrogens with zero attached hydrogens (tertiary/aromatic N) is 2. The number of hydrogen-bond acceptors (Lipinski definition) is 3. The number of nitriles is 2. The van der Waals surface area contributed by atoms with Crippen molar-refractivity contribution in [3.8, 4) is 12.1 Å². The van der Waals surface area contributed by atoms with Gasteiger partial charge in [0.15, 0.2) is 0 Å². The minimum atomic E-state index is -0.681. The largest absolute Gasteiger partial charge is 0.469 e. The summed E-state index contributed by atoms with van der Waals surface area (Å²) in [5.74, 6) is -0.227. The summed E-state index contributed by atoms with van der Waals surface area (Å²) in [6.45, 7) is 3.60. The van der Waals surface area contributed by atoms with Gasteiger partial charge < -0.3 is 4.42 Å². The highest BCUT2D eigenvalue weighted by Crippen LogP contribution is 2.28. The normalized spacial score (nSPS) is 11.6. The first-order valence-corrected chi connectivity index (χ1v) is 4.27. The first kappa shape index (κ1) is 10.1. The van der Waals surface area contributed by atoms with Gasteiger partial charge in [-0.2, -0.15) is 10.5 Å². The van der Waals surface area contributed by atoms with E-state index < -0.39 is 5.92 Å². The zero-order chi connectivity index (χ0) is 10.4. The molecule has 0 aliphatic carbocycles. The molecule has 0 aliphatic heterocycles. The third kappa shape index (κ3) is 2.02. The molecule has 0 aliphatic rings. The van der Waals surface area contributed by atoms with Crippen LogP contribution in [0.25, 0.3) is 0 Å². The van der Waals surface area contributed by atoms with Crippen LogP contribution in [-0.4, -0.2) is 0 Å². The second kappa shape index (κ2) is 4.89. The number of rotatable bonds is 4. The molecule has 3 nitrogen and oxygen atoms in total. The van der Waals surface area contributed by atoms with E-state index in [1.807, 2.05) is 12.1 Å². The predicted octanol–water partition coefficient (Wildman–Crippen LogP) is 2.60. The van der Waals surface area contributed by atoms with Crippen molar-refractivity contribution in [3.05, 3.63) is 36.8 Å². The smallest absolute Gasteiger partial charge is 0.143 e. The van der Waals surface area contributed by atoms with Gasteiger partial charge in [-0.1, -0.05) is 6.08 Å². The molecule has 1 aromatic rings. The van der Waals surface area contributed by atoms with Gasteiger partial charge in [-0.25, -0.2) is 0 Å². The third-order valence-corrected chi connectivity index (χ3v) is 2.01. The Morgan fingerprint density at radius 2 is 2.21 bits per heavy atom. The summed E-state index contributed by atoms with van der Waals surface area (Å²) >= 11 is 0. The molecule has 0 radical (unpaired) electrons. The van der Waals surface area contributed by atoms with Crippen molar-refractivity contribution in [2.24, 2.45) is 5.92 Å². The summed E-state index contributed by atoms with van der Waals surface area (Å²) in [6, 6.07) is 7.43. The van der Waals surface area contributed by atoms with Crippen LogP contribution >= 0.6 is 0 Å². The maximum atomic E-state index is 8.77. The third-order valence-electron chi connectivity index (χ3n) is 2.01. The fourth-order valence-electron chi connectivity index (χ4n) is 1.31. The Morgan fingerprint density at radius 1 is 1.50 bits per heavy atom. The quantitative estimate of drug-likeness (QED) is 0.679. The van der Waals surface area contributed by atoms with Crippen LogP contribution in [0.4, 0.5) is 0 Å². The van der Waals surface area contributed by atoms with Crippen LogP contribution in [0, 0.1) is 28.6 Å². The molecule has 14 heavy (non-hydrogen) atoms. The molecule has 1 rings (SSSR count). The Kier molecular flexibility index (Phi) is 3.52. The second-order valence-electron chi connectivity index (χ2n) is 2.88. The zero-order valence-corrected chi connectivity index (χ0v) is 7.68. The molecule has 0 fully saturated rings. The van der Waals surface area contributed by atoms with Crippen LogP contribution in [0.5, 0.6) is 0 Å². The molecule has 0 spiro atoms. The average Bonchev–Trinajstić information content (AvgIpc) is 2.71. The Bertz CT molecular complexity index is 353. The van der Waals surface area contributed by atoms with Gasteiger partial charge in [0.25, 0.3) is 0 Å². The van der Waals surface area contributed by atoms with Gasteiger partial charge in [0.2, 0.25) is 0 Å². The first-order chi connectivity index (χ1) is 6.83. The maximum Gasteiger partial charge on any atom is 0.143 e. The lowest BCUT2D eigenvalue weighted by molar-refractivity contribution is 0.439. The van der Waals surface area contributed by atoms with Crippen molar-refractivity contribution in [2.45, 2.75) is 12.3 Å². The molecule has 1 heterocycles. The van der Waals surface area contributed by atoms with Gasteiger partial charge >= 0.3 is 0 Å². The van der Waals surface area contributed by atoms with Crippen molar-refractivity contribution in [2.75, 3.05) is 0 Å². The van der Waals surface area contributed by atoms with Crippen LogP contribution in [-0.2, 0) is 0 Å².